The van der Waals surface area contributed by atoms with Crippen LogP contribution in [0.2, 0.25) is 0 Å². The Balaban J connectivity index is 1.34. The molecule has 1 unspecified atom stereocenters. The summed E-state index contributed by atoms with van der Waals surface area (Å²) in [7, 11) is -0.518. The number of carbonyl (C=O) groups is 1. The molecule has 0 saturated carbocycles. The highest BCUT2D eigenvalue weighted by atomic mass is 32.2. The molecule has 1 atom stereocenters. The number of hydrogen-bond donors (Lipinski definition) is 1. The third-order valence-corrected chi connectivity index (χ3v) is 8.68. The Bertz CT molecular complexity index is 1480. The SMILES string of the molecule is COc1cncnc1N1CCN(S(=O)(=O)c2ccc(-c3cc4c(c(=O)[nH]3)C(C)C(=O)N4C)cc2)CC1. The van der Waals surface area contributed by atoms with E-state index in [4.69, 9.17) is 4.74 Å². The quantitative estimate of drug-likeness (QED) is 0.546. The van der Waals surface area contributed by atoms with Crippen LogP contribution in [0.5, 0.6) is 5.75 Å². The van der Waals surface area contributed by atoms with Crippen molar-refractivity contribution in [2.75, 3.05) is 50.1 Å². The lowest BCUT2D eigenvalue weighted by Gasteiger charge is -2.35. The average Bonchev–Trinajstić information content (AvgIpc) is 3.12. The molecule has 36 heavy (non-hydrogen) atoms. The van der Waals surface area contributed by atoms with Gasteiger partial charge in [-0.25, -0.2) is 18.4 Å². The second-order valence-corrected chi connectivity index (χ2v) is 10.7. The number of hydrogen-bond acceptors (Lipinski definition) is 8. The van der Waals surface area contributed by atoms with Crippen LogP contribution in [-0.4, -0.2) is 73.9 Å². The summed E-state index contributed by atoms with van der Waals surface area (Å²) in [5, 5.41) is 0. The van der Waals surface area contributed by atoms with Crippen molar-refractivity contribution in [1.82, 2.24) is 19.3 Å². The van der Waals surface area contributed by atoms with E-state index in [1.54, 1.807) is 45.5 Å². The fraction of sp³-hybridized carbons (Fsp3) is 0.333. The number of H-pyrrole nitrogens is 1. The standard InChI is InChI=1S/C24H26N6O5S/c1-15-21-19(28(2)24(15)32)12-18(27-23(21)31)16-4-6-17(7-5-16)36(33,34)30-10-8-29(9-11-30)22-20(35-3)13-25-14-26-22/h4-7,12-15H,8-11H2,1-3H3,(H,27,31). The summed E-state index contributed by atoms with van der Waals surface area (Å²) in [6.45, 7) is 3.24. The molecular weight excluding hydrogens is 484 g/mol. The number of aromatic amines is 1. The van der Waals surface area contributed by atoms with E-state index in [1.807, 2.05) is 4.90 Å². The van der Waals surface area contributed by atoms with Crippen LogP contribution in [0.4, 0.5) is 11.5 Å². The van der Waals surface area contributed by atoms with E-state index < -0.39 is 15.9 Å². The van der Waals surface area contributed by atoms with E-state index in [-0.39, 0.29) is 16.4 Å². The summed E-state index contributed by atoms with van der Waals surface area (Å²) in [5.74, 6) is 0.552. The molecule has 5 rings (SSSR count). The number of benzene rings is 1. The molecule has 0 aliphatic carbocycles. The van der Waals surface area contributed by atoms with E-state index >= 15 is 0 Å². The highest BCUT2D eigenvalue weighted by Crippen LogP contribution is 2.35. The molecule has 2 aliphatic rings. The summed E-state index contributed by atoms with van der Waals surface area (Å²) in [6.07, 6.45) is 3.02. The first-order valence-corrected chi connectivity index (χ1v) is 12.9. The van der Waals surface area contributed by atoms with Gasteiger partial charge in [-0.3, -0.25) is 9.59 Å². The first kappa shape index (κ1) is 23.9. The Hall–Kier alpha value is -3.77. The van der Waals surface area contributed by atoms with Crippen LogP contribution in [-0.2, 0) is 14.8 Å². The number of nitrogens with zero attached hydrogens (tertiary/aromatic N) is 5. The molecule has 0 bridgehead atoms. The molecule has 2 aliphatic heterocycles. The zero-order chi connectivity index (χ0) is 25.6. The summed E-state index contributed by atoms with van der Waals surface area (Å²) >= 11 is 0. The number of carbonyl (C=O) groups excluding carboxylic acids is 1. The van der Waals surface area contributed by atoms with Crippen LogP contribution in [0.3, 0.4) is 0 Å². The number of aromatic nitrogens is 3. The van der Waals surface area contributed by atoms with Gasteiger partial charge in [0.1, 0.15) is 6.33 Å². The number of likely N-dealkylation sites (N-methyl/N-ethyl adjacent to an activating group) is 1. The van der Waals surface area contributed by atoms with Gasteiger partial charge in [0, 0.05) is 33.2 Å². The molecule has 1 N–H and O–H groups in total. The van der Waals surface area contributed by atoms with Crippen molar-refractivity contribution in [2.45, 2.75) is 17.7 Å². The number of amides is 1. The maximum Gasteiger partial charge on any atom is 0.254 e. The van der Waals surface area contributed by atoms with Crippen molar-refractivity contribution in [3.8, 4) is 17.0 Å². The Labute approximate surface area is 208 Å². The fourth-order valence-electron chi connectivity index (χ4n) is 4.73. The number of anilines is 2. The van der Waals surface area contributed by atoms with Gasteiger partial charge in [-0.05, 0) is 30.7 Å². The van der Waals surface area contributed by atoms with Crippen LogP contribution >= 0.6 is 0 Å². The molecule has 1 saturated heterocycles. The number of nitrogens with one attached hydrogen (secondary N) is 1. The average molecular weight is 511 g/mol. The van der Waals surface area contributed by atoms with E-state index in [0.717, 1.165) is 0 Å². The predicted molar refractivity (Wildman–Crippen MR) is 134 cm³/mol. The first-order valence-electron chi connectivity index (χ1n) is 11.5. The zero-order valence-electron chi connectivity index (χ0n) is 20.1. The van der Waals surface area contributed by atoms with Gasteiger partial charge in [0.15, 0.2) is 11.6 Å². The molecule has 12 heteroatoms. The lowest BCUT2D eigenvalue weighted by Crippen LogP contribution is -2.49. The Morgan fingerprint density at radius 1 is 1.08 bits per heavy atom. The topological polar surface area (TPSA) is 129 Å². The van der Waals surface area contributed by atoms with Gasteiger partial charge in [0.25, 0.3) is 5.56 Å². The minimum absolute atomic E-state index is 0.132. The van der Waals surface area contributed by atoms with Crippen LogP contribution in [0.1, 0.15) is 18.4 Å². The minimum Gasteiger partial charge on any atom is -0.491 e. The second kappa shape index (κ2) is 9.03. The number of piperazine rings is 1. The van der Waals surface area contributed by atoms with Crippen molar-refractivity contribution < 1.29 is 17.9 Å². The Kier molecular flexibility index (Phi) is 6.00. The minimum atomic E-state index is -3.71. The largest absolute Gasteiger partial charge is 0.491 e. The molecule has 2 aromatic heterocycles. The fourth-order valence-corrected chi connectivity index (χ4v) is 6.15. The van der Waals surface area contributed by atoms with Crippen molar-refractivity contribution in [3.05, 3.63) is 58.8 Å². The van der Waals surface area contributed by atoms with Gasteiger partial charge >= 0.3 is 0 Å². The number of pyridine rings is 1. The highest BCUT2D eigenvalue weighted by Gasteiger charge is 2.35. The summed E-state index contributed by atoms with van der Waals surface area (Å²) in [5.41, 5.74) is 1.87. The van der Waals surface area contributed by atoms with Crippen LogP contribution < -0.4 is 20.1 Å². The number of ether oxygens (including phenoxy) is 1. The van der Waals surface area contributed by atoms with E-state index in [2.05, 4.69) is 15.0 Å². The van der Waals surface area contributed by atoms with Gasteiger partial charge in [-0.15, -0.1) is 0 Å². The second-order valence-electron chi connectivity index (χ2n) is 8.76. The molecule has 0 radical (unpaired) electrons. The lowest BCUT2D eigenvalue weighted by atomic mass is 10.0. The molecule has 3 aromatic rings. The number of methoxy groups -OCH3 is 1. The van der Waals surface area contributed by atoms with Gasteiger partial charge < -0.3 is 19.5 Å². The van der Waals surface area contributed by atoms with E-state index in [0.29, 0.717) is 60.3 Å². The predicted octanol–water partition coefficient (Wildman–Crippen LogP) is 1.43. The molecular formula is C24H26N6O5S. The number of rotatable bonds is 5. The first-order chi connectivity index (χ1) is 17.2. The van der Waals surface area contributed by atoms with Gasteiger partial charge in [-0.2, -0.15) is 4.31 Å². The third-order valence-electron chi connectivity index (χ3n) is 6.77. The number of sulfonamides is 1. The zero-order valence-corrected chi connectivity index (χ0v) is 20.9. The summed E-state index contributed by atoms with van der Waals surface area (Å²) in [6, 6.07) is 8.14. The van der Waals surface area contributed by atoms with Gasteiger partial charge in [-0.1, -0.05) is 12.1 Å². The molecule has 11 nitrogen and oxygen atoms in total. The van der Waals surface area contributed by atoms with Crippen LogP contribution in [0.25, 0.3) is 11.3 Å². The van der Waals surface area contributed by atoms with Crippen molar-refractivity contribution in [3.63, 3.8) is 0 Å². The highest BCUT2D eigenvalue weighted by molar-refractivity contribution is 7.89. The van der Waals surface area contributed by atoms with E-state index in [1.165, 1.54) is 27.7 Å². The monoisotopic (exact) mass is 510 g/mol. The molecule has 1 aromatic carbocycles. The van der Waals surface area contributed by atoms with Crippen LogP contribution in [0.15, 0.2) is 52.5 Å². The maximum absolute atomic E-state index is 13.3. The smallest absolute Gasteiger partial charge is 0.254 e. The molecule has 1 amide bonds. The Morgan fingerprint density at radius 3 is 2.44 bits per heavy atom. The normalized spacial score (nSPS) is 18.4. The molecule has 0 spiro atoms. The van der Waals surface area contributed by atoms with E-state index in [9.17, 15) is 18.0 Å². The molecule has 1 fully saturated rings. The van der Waals surface area contributed by atoms with Crippen molar-refractivity contribution in [2.24, 2.45) is 0 Å². The third kappa shape index (κ3) is 3.91. The maximum atomic E-state index is 13.3. The molecule has 188 valence electrons. The van der Waals surface area contributed by atoms with Gasteiger partial charge in [0.05, 0.1) is 41.1 Å². The van der Waals surface area contributed by atoms with Crippen molar-refractivity contribution in [1.29, 1.82) is 0 Å². The lowest BCUT2D eigenvalue weighted by molar-refractivity contribution is -0.118. The number of fused-ring (bicyclic) bond motifs is 1. The molecule has 4 heterocycles. The Morgan fingerprint density at radius 2 is 1.78 bits per heavy atom. The van der Waals surface area contributed by atoms with Gasteiger partial charge in [0.2, 0.25) is 15.9 Å². The van der Waals surface area contributed by atoms with Crippen LogP contribution in [0, 0.1) is 0 Å². The van der Waals surface area contributed by atoms with Crippen molar-refractivity contribution >= 4 is 27.4 Å². The summed E-state index contributed by atoms with van der Waals surface area (Å²) < 4.78 is 33.3. The summed E-state index contributed by atoms with van der Waals surface area (Å²) in [4.78, 5) is 39.6.